The van der Waals surface area contributed by atoms with Gasteiger partial charge in [-0.3, -0.25) is 5.01 Å². The highest BCUT2D eigenvalue weighted by Crippen LogP contribution is 2.39. The zero-order valence-electron chi connectivity index (χ0n) is 10.3. The first-order chi connectivity index (χ1) is 7.50. The van der Waals surface area contributed by atoms with Crippen LogP contribution in [0.4, 0.5) is 0 Å². The maximum absolute atomic E-state index is 4.72. The molecule has 0 amide bonds. The summed E-state index contributed by atoms with van der Waals surface area (Å²) in [5.41, 5.74) is 1.21. The Balaban J connectivity index is 2.30. The second kappa shape index (κ2) is 4.13. The van der Waals surface area contributed by atoms with Crippen LogP contribution in [0.1, 0.15) is 33.3 Å². The largest absolute Gasteiger partial charge is 0.278 e. The third kappa shape index (κ3) is 2.09. The molecule has 1 heterocycles. The molecule has 0 fully saturated rings. The fraction of sp³-hybridized carbons (Fsp3) is 0.462. The third-order valence-electron chi connectivity index (χ3n) is 2.61. The van der Waals surface area contributed by atoms with E-state index in [-0.39, 0.29) is 4.87 Å². The standard InChI is InChI=1S/C13H18N2S/c1-10(2)15-13(3,4)16-12(14-15)11-8-6-5-7-9-11/h5-10H,1-4H3. The molecule has 0 aliphatic carbocycles. The molecule has 0 atom stereocenters. The van der Waals surface area contributed by atoms with Crippen molar-refractivity contribution in [2.75, 3.05) is 0 Å². The summed E-state index contributed by atoms with van der Waals surface area (Å²) >= 11 is 1.83. The van der Waals surface area contributed by atoms with Crippen molar-refractivity contribution >= 4 is 16.8 Å². The molecule has 0 unspecified atom stereocenters. The van der Waals surface area contributed by atoms with Gasteiger partial charge in [0, 0.05) is 11.6 Å². The molecule has 0 bridgehead atoms. The van der Waals surface area contributed by atoms with Crippen LogP contribution < -0.4 is 0 Å². The van der Waals surface area contributed by atoms with Gasteiger partial charge >= 0.3 is 0 Å². The van der Waals surface area contributed by atoms with Gasteiger partial charge in [-0.1, -0.05) is 42.1 Å². The summed E-state index contributed by atoms with van der Waals surface area (Å²) in [5.74, 6) is 0. The first-order valence-electron chi connectivity index (χ1n) is 5.63. The number of hydrogen-bond donors (Lipinski definition) is 0. The van der Waals surface area contributed by atoms with Gasteiger partial charge in [0.1, 0.15) is 9.91 Å². The zero-order chi connectivity index (χ0) is 11.8. The Kier molecular flexibility index (Phi) is 2.98. The second-order valence-electron chi connectivity index (χ2n) is 4.76. The maximum Gasteiger partial charge on any atom is 0.126 e. The van der Waals surface area contributed by atoms with Gasteiger partial charge in [-0.15, -0.1) is 0 Å². The minimum absolute atomic E-state index is 0.0549. The molecule has 86 valence electrons. The summed E-state index contributed by atoms with van der Waals surface area (Å²) in [4.78, 5) is 0.0549. The predicted octanol–water partition coefficient (Wildman–Crippen LogP) is 3.54. The van der Waals surface area contributed by atoms with E-state index in [1.807, 2.05) is 17.8 Å². The van der Waals surface area contributed by atoms with E-state index in [2.05, 4.69) is 57.0 Å². The van der Waals surface area contributed by atoms with Crippen molar-refractivity contribution in [2.45, 2.75) is 38.6 Å². The Labute approximate surface area is 102 Å². The molecule has 0 radical (unpaired) electrons. The molecule has 1 aromatic rings. The average molecular weight is 234 g/mol. The molecule has 0 aromatic heterocycles. The van der Waals surface area contributed by atoms with Crippen molar-refractivity contribution in [1.29, 1.82) is 0 Å². The van der Waals surface area contributed by atoms with Crippen molar-refractivity contribution in [1.82, 2.24) is 5.01 Å². The minimum Gasteiger partial charge on any atom is -0.278 e. The van der Waals surface area contributed by atoms with E-state index in [0.717, 1.165) is 5.04 Å². The van der Waals surface area contributed by atoms with E-state index in [4.69, 9.17) is 5.10 Å². The topological polar surface area (TPSA) is 15.6 Å². The van der Waals surface area contributed by atoms with Crippen molar-refractivity contribution in [3.05, 3.63) is 35.9 Å². The molecular weight excluding hydrogens is 216 g/mol. The van der Waals surface area contributed by atoms with Gasteiger partial charge in [0.15, 0.2) is 0 Å². The van der Waals surface area contributed by atoms with Crippen LogP contribution in [0.25, 0.3) is 0 Å². The lowest BCUT2D eigenvalue weighted by Crippen LogP contribution is -2.38. The number of nitrogens with zero attached hydrogens (tertiary/aromatic N) is 2. The zero-order valence-corrected chi connectivity index (χ0v) is 11.1. The molecule has 3 heteroatoms. The monoisotopic (exact) mass is 234 g/mol. The first kappa shape index (κ1) is 11.5. The first-order valence-corrected chi connectivity index (χ1v) is 6.45. The lowest BCUT2D eigenvalue weighted by atomic mass is 10.2. The van der Waals surface area contributed by atoms with Crippen LogP contribution in [-0.2, 0) is 0 Å². The highest BCUT2D eigenvalue weighted by Gasteiger charge is 2.36. The van der Waals surface area contributed by atoms with Gasteiger partial charge in [-0.05, 0) is 27.7 Å². The van der Waals surface area contributed by atoms with E-state index in [9.17, 15) is 0 Å². The van der Waals surface area contributed by atoms with Crippen LogP contribution in [0.2, 0.25) is 0 Å². The van der Waals surface area contributed by atoms with Crippen LogP contribution >= 0.6 is 11.8 Å². The maximum atomic E-state index is 4.72. The van der Waals surface area contributed by atoms with Gasteiger partial charge in [0.05, 0.1) is 0 Å². The Morgan fingerprint density at radius 3 is 2.31 bits per heavy atom. The lowest BCUT2D eigenvalue weighted by molar-refractivity contribution is 0.166. The van der Waals surface area contributed by atoms with Crippen molar-refractivity contribution < 1.29 is 0 Å². The van der Waals surface area contributed by atoms with Gasteiger partial charge < -0.3 is 0 Å². The second-order valence-corrected chi connectivity index (χ2v) is 6.35. The SMILES string of the molecule is CC(C)N1N=C(c2ccccc2)SC1(C)C. The fourth-order valence-corrected chi connectivity index (χ4v) is 3.16. The van der Waals surface area contributed by atoms with E-state index >= 15 is 0 Å². The van der Waals surface area contributed by atoms with Crippen LogP contribution in [0.3, 0.4) is 0 Å². The highest BCUT2D eigenvalue weighted by atomic mass is 32.2. The van der Waals surface area contributed by atoms with Crippen molar-refractivity contribution in [3.63, 3.8) is 0 Å². The third-order valence-corrected chi connectivity index (χ3v) is 3.80. The van der Waals surface area contributed by atoms with Crippen LogP contribution in [0.5, 0.6) is 0 Å². The lowest BCUT2D eigenvalue weighted by Gasteiger charge is -2.32. The van der Waals surface area contributed by atoms with Gasteiger partial charge in [-0.25, -0.2) is 0 Å². The summed E-state index contributed by atoms with van der Waals surface area (Å²) in [7, 11) is 0. The molecule has 2 rings (SSSR count). The Morgan fingerprint density at radius 1 is 1.19 bits per heavy atom. The normalized spacial score (nSPS) is 19.1. The number of benzene rings is 1. The molecule has 2 nitrogen and oxygen atoms in total. The van der Waals surface area contributed by atoms with E-state index in [0.29, 0.717) is 6.04 Å². The van der Waals surface area contributed by atoms with Crippen molar-refractivity contribution in [3.8, 4) is 0 Å². The average Bonchev–Trinajstić information content (AvgIpc) is 2.56. The molecule has 0 saturated heterocycles. The fourth-order valence-electron chi connectivity index (χ4n) is 1.96. The molecule has 16 heavy (non-hydrogen) atoms. The summed E-state index contributed by atoms with van der Waals surface area (Å²) in [6, 6.07) is 10.8. The summed E-state index contributed by atoms with van der Waals surface area (Å²) in [6.07, 6.45) is 0. The van der Waals surface area contributed by atoms with Gasteiger partial charge in [0.2, 0.25) is 0 Å². The Morgan fingerprint density at radius 2 is 1.81 bits per heavy atom. The number of rotatable bonds is 2. The molecule has 1 aromatic carbocycles. The molecule has 1 aliphatic heterocycles. The predicted molar refractivity (Wildman–Crippen MR) is 71.6 cm³/mol. The van der Waals surface area contributed by atoms with Crippen LogP contribution in [-0.4, -0.2) is 21.0 Å². The molecule has 0 spiro atoms. The minimum atomic E-state index is 0.0549. The van der Waals surface area contributed by atoms with Crippen LogP contribution in [0, 0.1) is 0 Å². The quantitative estimate of drug-likeness (QED) is 0.778. The number of thioether (sulfide) groups is 1. The van der Waals surface area contributed by atoms with Crippen LogP contribution in [0.15, 0.2) is 35.4 Å². The molecule has 1 aliphatic rings. The van der Waals surface area contributed by atoms with Gasteiger partial charge in [-0.2, -0.15) is 5.10 Å². The number of hydrazone groups is 1. The summed E-state index contributed by atoms with van der Waals surface area (Å²) < 4.78 is 0. The Hall–Kier alpha value is -0.960. The van der Waals surface area contributed by atoms with E-state index < -0.39 is 0 Å². The number of hydrogen-bond acceptors (Lipinski definition) is 3. The summed E-state index contributed by atoms with van der Waals surface area (Å²) in [6.45, 7) is 8.80. The Bertz CT molecular complexity index is 396. The molecule has 0 N–H and O–H groups in total. The smallest absolute Gasteiger partial charge is 0.126 e. The highest BCUT2D eigenvalue weighted by molar-refractivity contribution is 8.15. The molecular formula is C13H18N2S. The summed E-state index contributed by atoms with van der Waals surface area (Å²) in [5, 5.41) is 8.03. The van der Waals surface area contributed by atoms with Gasteiger partial charge in [0.25, 0.3) is 0 Å². The van der Waals surface area contributed by atoms with E-state index in [1.54, 1.807) is 0 Å². The van der Waals surface area contributed by atoms with E-state index in [1.165, 1.54) is 5.56 Å². The van der Waals surface area contributed by atoms with Crippen molar-refractivity contribution in [2.24, 2.45) is 5.10 Å². The molecule has 0 saturated carbocycles.